The maximum absolute atomic E-state index is 11.5. The van der Waals surface area contributed by atoms with Gasteiger partial charge in [-0.05, 0) is 26.2 Å². The van der Waals surface area contributed by atoms with Gasteiger partial charge in [0, 0.05) is 18.5 Å². The summed E-state index contributed by atoms with van der Waals surface area (Å²) in [4.78, 5) is 34.1. The molecule has 7 heteroatoms. The van der Waals surface area contributed by atoms with Crippen molar-refractivity contribution in [3.8, 4) is 0 Å². The predicted molar refractivity (Wildman–Crippen MR) is 103 cm³/mol. The summed E-state index contributed by atoms with van der Waals surface area (Å²) < 4.78 is 14.7. The molecule has 0 aliphatic carbocycles. The Morgan fingerprint density at radius 2 is 1.63 bits per heavy atom. The van der Waals surface area contributed by atoms with Gasteiger partial charge in [0.15, 0.2) is 0 Å². The van der Waals surface area contributed by atoms with E-state index in [9.17, 15) is 14.4 Å². The second-order valence-electron chi connectivity index (χ2n) is 6.17. The number of rotatable bonds is 16. The molecule has 0 atom stereocenters. The lowest BCUT2D eigenvalue weighted by atomic mass is 10.1. The fraction of sp³-hybridized carbons (Fsp3) is 0.650. The number of ether oxygens (including phenoxy) is 3. The Balaban J connectivity index is 3.46. The van der Waals surface area contributed by atoms with Crippen molar-refractivity contribution in [3.63, 3.8) is 0 Å². The summed E-state index contributed by atoms with van der Waals surface area (Å²) in [6, 6.07) is 0. The number of hydrogen-bond acceptors (Lipinski definition) is 6. The highest BCUT2D eigenvalue weighted by Gasteiger charge is 2.09. The summed E-state index contributed by atoms with van der Waals surface area (Å²) in [5.74, 6) is -0.988. The molecule has 0 aromatic carbocycles. The largest absolute Gasteiger partial charge is 0.460 e. The van der Waals surface area contributed by atoms with E-state index in [4.69, 9.17) is 9.47 Å². The number of allylic oxidation sites excluding steroid dienone is 1. The van der Waals surface area contributed by atoms with Crippen LogP contribution in [0.15, 0.2) is 24.8 Å². The lowest BCUT2D eigenvalue weighted by Gasteiger charge is -2.07. The fourth-order valence-corrected chi connectivity index (χ4v) is 2.10. The van der Waals surface area contributed by atoms with E-state index in [2.05, 4.69) is 23.2 Å². The average Bonchev–Trinajstić information content (AvgIpc) is 2.62. The molecule has 1 N–H and O–H groups in total. The first-order valence-corrected chi connectivity index (χ1v) is 9.47. The van der Waals surface area contributed by atoms with E-state index in [1.807, 2.05) is 6.08 Å². The minimum Gasteiger partial charge on any atom is -0.460 e. The number of carbonyl (C=O) groups excluding carboxylic acids is 3. The van der Waals surface area contributed by atoms with Gasteiger partial charge in [0.05, 0.1) is 13.2 Å². The molecule has 0 rings (SSSR count). The summed E-state index contributed by atoms with van der Waals surface area (Å²) in [6.45, 7) is 9.45. The monoisotopic (exact) mass is 383 g/mol. The maximum Gasteiger partial charge on any atom is 0.414 e. The van der Waals surface area contributed by atoms with Crippen molar-refractivity contribution in [3.05, 3.63) is 24.8 Å². The van der Waals surface area contributed by atoms with E-state index in [1.165, 1.54) is 6.42 Å². The molecule has 0 fully saturated rings. The van der Waals surface area contributed by atoms with Crippen LogP contribution in [0.1, 0.15) is 58.3 Å². The molecule has 0 saturated heterocycles. The molecule has 0 bridgehead atoms. The number of nitrogens with one attached hydrogen (secondary N) is 1. The first-order valence-electron chi connectivity index (χ1n) is 9.47. The van der Waals surface area contributed by atoms with Gasteiger partial charge >= 0.3 is 18.0 Å². The molecule has 154 valence electrons. The van der Waals surface area contributed by atoms with Gasteiger partial charge < -0.3 is 19.5 Å². The summed E-state index contributed by atoms with van der Waals surface area (Å²) in [5, 5.41) is 2.42. The van der Waals surface area contributed by atoms with Crippen LogP contribution < -0.4 is 5.32 Å². The highest BCUT2D eigenvalue weighted by molar-refractivity contribution is 5.86. The van der Waals surface area contributed by atoms with Crippen molar-refractivity contribution >= 4 is 18.0 Å². The average molecular weight is 383 g/mol. The zero-order valence-electron chi connectivity index (χ0n) is 16.4. The van der Waals surface area contributed by atoms with Crippen molar-refractivity contribution in [2.75, 3.05) is 26.4 Å². The van der Waals surface area contributed by atoms with Crippen molar-refractivity contribution in [2.24, 2.45) is 0 Å². The van der Waals surface area contributed by atoms with Crippen LogP contribution in [0.2, 0.25) is 0 Å². The van der Waals surface area contributed by atoms with Gasteiger partial charge in [0.25, 0.3) is 0 Å². The van der Waals surface area contributed by atoms with Crippen LogP contribution >= 0.6 is 0 Å². The quantitative estimate of drug-likeness (QED) is 0.144. The van der Waals surface area contributed by atoms with Crippen molar-refractivity contribution < 1.29 is 28.6 Å². The highest BCUT2D eigenvalue weighted by Crippen LogP contribution is 2.09. The Morgan fingerprint density at radius 1 is 0.963 bits per heavy atom. The number of esters is 2. The van der Waals surface area contributed by atoms with E-state index in [0.717, 1.165) is 38.5 Å². The normalized spacial score (nSPS) is 10.1. The zero-order chi connectivity index (χ0) is 20.3. The predicted octanol–water partition coefficient (Wildman–Crippen LogP) is 3.68. The summed E-state index contributed by atoms with van der Waals surface area (Å²) in [6.07, 6.45) is 8.68. The van der Waals surface area contributed by atoms with Crippen LogP contribution in [0.5, 0.6) is 0 Å². The molecule has 0 unspecified atom stereocenters. The molecule has 0 aromatic rings. The lowest BCUT2D eigenvalue weighted by Crippen LogP contribution is -2.30. The molecular formula is C20H33NO6. The van der Waals surface area contributed by atoms with Gasteiger partial charge in [-0.25, -0.2) is 9.59 Å². The van der Waals surface area contributed by atoms with Crippen LogP contribution in [0.4, 0.5) is 4.79 Å². The first-order chi connectivity index (χ1) is 13.0. The molecule has 0 radical (unpaired) electrons. The number of alkyl carbamates (subject to hydrolysis) is 1. The van der Waals surface area contributed by atoms with Gasteiger partial charge in [0.1, 0.15) is 6.61 Å². The van der Waals surface area contributed by atoms with Crippen LogP contribution in [0.25, 0.3) is 0 Å². The molecular weight excluding hydrogens is 350 g/mol. The van der Waals surface area contributed by atoms with Gasteiger partial charge in [-0.1, -0.05) is 38.3 Å². The third kappa shape index (κ3) is 17.0. The Hall–Kier alpha value is -2.15. The number of carbonyl (C=O) groups is 3. The maximum atomic E-state index is 11.5. The minimum atomic E-state index is -0.776. The second kappa shape index (κ2) is 17.3. The van der Waals surface area contributed by atoms with Crippen molar-refractivity contribution in [1.82, 2.24) is 5.32 Å². The van der Waals surface area contributed by atoms with Crippen LogP contribution in [0, 0.1) is 0 Å². The summed E-state index contributed by atoms with van der Waals surface area (Å²) >= 11 is 0. The fourth-order valence-electron chi connectivity index (χ4n) is 2.10. The number of unbranched alkanes of at least 4 members (excludes halogenated alkanes) is 6. The molecule has 0 aromatic heterocycles. The smallest absolute Gasteiger partial charge is 0.414 e. The standard InChI is InChI=1S/C20H33NO6/c1-4-5-6-7-8-9-10-11-12-18(22)27-20(24)21-13-14-25-15-16-26-19(23)17(2)3/h4H,1-2,5-16H2,3H3,(H,21,24). The zero-order valence-corrected chi connectivity index (χ0v) is 16.4. The van der Waals surface area contributed by atoms with Crippen molar-refractivity contribution in [2.45, 2.75) is 58.3 Å². The number of amides is 1. The lowest BCUT2D eigenvalue weighted by molar-refractivity contribution is -0.140. The third-order valence-corrected chi connectivity index (χ3v) is 3.57. The summed E-state index contributed by atoms with van der Waals surface area (Å²) in [5.41, 5.74) is 0.326. The van der Waals surface area contributed by atoms with Crippen molar-refractivity contribution in [1.29, 1.82) is 0 Å². The molecule has 27 heavy (non-hydrogen) atoms. The van der Waals surface area contributed by atoms with E-state index in [1.54, 1.807) is 6.92 Å². The molecule has 0 aliphatic rings. The molecule has 0 aliphatic heterocycles. The van der Waals surface area contributed by atoms with Crippen LogP contribution in [-0.4, -0.2) is 44.4 Å². The Morgan fingerprint density at radius 3 is 2.30 bits per heavy atom. The summed E-state index contributed by atoms with van der Waals surface area (Å²) in [7, 11) is 0. The van der Waals surface area contributed by atoms with E-state index < -0.39 is 18.0 Å². The van der Waals surface area contributed by atoms with Gasteiger partial charge in [-0.15, -0.1) is 6.58 Å². The molecule has 0 heterocycles. The van der Waals surface area contributed by atoms with E-state index >= 15 is 0 Å². The van der Waals surface area contributed by atoms with Crippen LogP contribution in [-0.2, 0) is 23.8 Å². The second-order valence-corrected chi connectivity index (χ2v) is 6.17. The van der Waals surface area contributed by atoms with Gasteiger partial charge in [0.2, 0.25) is 0 Å². The molecule has 7 nitrogen and oxygen atoms in total. The topological polar surface area (TPSA) is 90.9 Å². The van der Waals surface area contributed by atoms with Crippen LogP contribution in [0.3, 0.4) is 0 Å². The van der Waals surface area contributed by atoms with Gasteiger partial charge in [-0.2, -0.15) is 0 Å². The Bertz CT molecular complexity index is 475. The minimum absolute atomic E-state index is 0.114. The highest BCUT2D eigenvalue weighted by atomic mass is 16.6. The third-order valence-electron chi connectivity index (χ3n) is 3.57. The molecule has 0 spiro atoms. The van der Waals surface area contributed by atoms with E-state index in [-0.39, 0.29) is 32.8 Å². The Kier molecular flexibility index (Phi) is 15.9. The van der Waals surface area contributed by atoms with E-state index in [0.29, 0.717) is 5.57 Å². The first kappa shape index (κ1) is 24.8. The molecule has 1 amide bonds. The molecule has 0 saturated carbocycles. The number of hydrogen-bond donors (Lipinski definition) is 1. The Labute approximate surface area is 162 Å². The van der Waals surface area contributed by atoms with Gasteiger partial charge in [-0.3, -0.25) is 4.79 Å². The SMILES string of the molecule is C=CCCCCCCCCC(=O)OC(=O)NCCOCCOC(=O)C(=C)C.